The van der Waals surface area contributed by atoms with Crippen molar-refractivity contribution in [1.82, 2.24) is 10.0 Å². The summed E-state index contributed by atoms with van der Waals surface area (Å²) in [6, 6.07) is 8.12. The Morgan fingerprint density at radius 2 is 1.89 bits per heavy atom. The number of hydrogen-bond acceptors (Lipinski definition) is 3. The fraction of sp³-hybridized carbons (Fsp3) is 0.571. The lowest BCUT2D eigenvalue weighted by molar-refractivity contribution is 0.540. The van der Waals surface area contributed by atoms with Gasteiger partial charge in [0.15, 0.2) is 0 Å². The number of sulfonamides is 1. The van der Waals surface area contributed by atoms with E-state index in [-0.39, 0.29) is 6.04 Å². The summed E-state index contributed by atoms with van der Waals surface area (Å²) in [5.41, 5.74) is 2.11. The van der Waals surface area contributed by atoms with Crippen molar-refractivity contribution in [2.24, 2.45) is 0 Å². The molecule has 0 saturated carbocycles. The molecular formula is C14H24N2O2S. The number of aryl methyl sites for hydroxylation is 1. The monoisotopic (exact) mass is 284 g/mol. The van der Waals surface area contributed by atoms with Gasteiger partial charge in [0.1, 0.15) is 0 Å². The highest BCUT2D eigenvalue weighted by Crippen LogP contribution is 2.05. The van der Waals surface area contributed by atoms with Crippen LogP contribution in [0.25, 0.3) is 0 Å². The quantitative estimate of drug-likeness (QED) is 0.803. The first-order valence-corrected chi connectivity index (χ1v) is 8.13. The van der Waals surface area contributed by atoms with E-state index in [4.69, 9.17) is 0 Å². The molecule has 0 bridgehead atoms. The minimum absolute atomic E-state index is 0.287. The lowest BCUT2D eigenvalue weighted by atomic mass is 10.1. The van der Waals surface area contributed by atoms with Crippen LogP contribution in [0.5, 0.6) is 0 Å². The number of benzene rings is 1. The van der Waals surface area contributed by atoms with Gasteiger partial charge in [-0.25, -0.2) is 13.1 Å². The molecule has 1 aromatic rings. The largest absolute Gasteiger partial charge is 0.313 e. The predicted molar refractivity (Wildman–Crippen MR) is 79.5 cm³/mol. The molecule has 0 radical (unpaired) electrons. The first-order valence-electron chi connectivity index (χ1n) is 6.58. The standard InChI is InChI=1S/C14H24N2O2S/c1-11(2)15-9-13(4)19(17,18)16-10-14-7-5-6-12(3)8-14/h5-8,11,13,15-16H,9-10H2,1-4H3. The lowest BCUT2D eigenvalue weighted by Crippen LogP contribution is -2.40. The zero-order chi connectivity index (χ0) is 14.5. The predicted octanol–water partition coefficient (Wildman–Crippen LogP) is 1.80. The summed E-state index contributed by atoms with van der Waals surface area (Å²) in [4.78, 5) is 0. The molecule has 1 atom stereocenters. The van der Waals surface area contributed by atoms with Crippen molar-refractivity contribution in [2.75, 3.05) is 6.54 Å². The highest BCUT2D eigenvalue weighted by molar-refractivity contribution is 7.90. The van der Waals surface area contributed by atoms with Crippen LogP contribution < -0.4 is 10.0 Å². The Morgan fingerprint density at radius 1 is 1.21 bits per heavy atom. The van der Waals surface area contributed by atoms with Crippen LogP contribution in [0.1, 0.15) is 31.9 Å². The average molecular weight is 284 g/mol. The van der Waals surface area contributed by atoms with Gasteiger partial charge in [0.2, 0.25) is 10.0 Å². The van der Waals surface area contributed by atoms with Gasteiger partial charge in [0.25, 0.3) is 0 Å². The average Bonchev–Trinajstić information content (AvgIpc) is 2.33. The summed E-state index contributed by atoms with van der Waals surface area (Å²) in [5, 5.41) is 2.69. The topological polar surface area (TPSA) is 58.2 Å². The molecule has 2 N–H and O–H groups in total. The molecule has 5 heteroatoms. The number of nitrogens with one attached hydrogen (secondary N) is 2. The van der Waals surface area contributed by atoms with Crippen LogP contribution in [0.15, 0.2) is 24.3 Å². The van der Waals surface area contributed by atoms with Crippen molar-refractivity contribution < 1.29 is 8.42 Å². The molecule has 0 aliphatic heterocycles. The summed E-state index contributed by atoms with van der Waals surface area (Å²) in [6.45, 7) is 8.51. The Balaban J connectivity index is 2.55. The second-order valence-electron chi connectivity index (χ2n) is 5.23. The smallest absolute Gasteiger partial charge is 0.215 e. The molecule has 0 saturated heterocycles. The summed E-state index contributed by atoms with van der Waals surface area (Å²) < 4.78 is 26.8. The summed E-state index contributed by atoms with van der Waals surface area (Å²) >= 11 is 0. The van der Waals surface area contributed by atoms with Gasteiger partial charge in [-0.3, -0.25) is 0 Å². The SMILES string of the molecule is Cc1cccc(CNS(=O)(=O)C(C)CNC(C)C)c1. The molecule has 1 aromatic carbocycles. The summed E-state index contributed by atoms with van der Waals surface area (Å²) in [6.07, 6.45) is 0. The maximum atomic E-state index is 12.1. The fourth-order valence-corrected chi connectivity index (χ4v) is 2.63. The zero-order valence-electron chi connectivity index (χ0n) is 12.1. The van der Waals surface area contributed by atoms with E-state index in [1.54, 1.807) is 6.92 Å². The van der Waals surface area contributed by atoms with Crippen molar-refractivity contribution in [2.45, 2.75) is 45.5 Å². The highest BCUT2D eigenvalue weighted by Gasteiger charge is 2.20. The lowest BCUT2D eigenvalue weighted by Gasteiger charge is -2.16. The second-order valence-corrected chi connectivity index (χ2v) is 7.41. The molecule has 1 rings (SSSR count). The van der Waals surface area contributed by atoms with E-state index in [0.29, 0.717) is 13.1 Å². The molecule has 4 nitrogen and oxygen atoms in total. The number of rotatable bonds is 7. The van der Waals surface area contributed by atoms with E-state index in [0.717, 1.165) is 11.1 Å². The molecular weight excluding hydrogens is 260 g/mol. The van der Waals surface area contributed by atoms with Gasteiger partial charge in [-0.1, -0.05) is 43.7 Å². The molecule has 0 spiro atoms. The van der Waals surface area contributed by atoms with Crippen LogP contribution in [-0.2, 0) is 16.6 Å². The number of hydrogen-bond donors (Lipinski definition) is 2. The van der Waals surface area contributed by atoms with E-state index >= 15 is 0 Å². The molecule has 0 fully saturated rings. The van der Waals surface area contributed by atoms with E-state index in [9.17, 15) is 8.42 Å². The van der Waals surface area contributed by atoms with E-state index in [2.05, 4.69) is 10.0 Å². The van der Waals surface area contributed by atoms with E-state index in [1.807, 2.05) is 45.0 Å². The Hall–Kier alpha value is -0.910. The molecule has 19 heavy (non-hydrogen) atoms. The van der Waals surface area contributed by atoms with Gasteiger partial charge in [0.05, 0.1) is 5.25 Å². The second kappa shape index (κ2) is 7.03. The van der Waals surface area contributed by atoms with Crippen molar-refractivity contribution in [3.05, 3.63) is 35.4 Å². The van der Waals surface area contributed by atoms with Crippen LogP contribution in [-0.4, -0.2) is 26.3 Å². The Bertz CT molecular complexity index is 498. The summed E-state index contributed by atoms with van der Waals surface area (Å²) in [7, 11) is -3.28. The van der Waals surface area contributed by atoms with Crippen molar-refractivity contribution in [1.29, 1.82) is 0 Å². The third kappa shape index (κ3) is 5.72. The van der Waals surface area contributed by atoms with E-state index in [1.165, 1.54) is 0 Å². The normalized spacial score (nSPS) is 13.7. The van der Waals surface area contributed by atoms with Crippen LogP contribution in [0.3, 0.4) is 0 Å². The third-order valence-corrected chi connectivity index (χ3v) is 4.68. The molecule has 1 unspecified atom stereocenters. The van der Waals surface area contributed by atoms with E-state index < -0.39 is 15.3 Å². The first kappa shape index (κ1) is 16.1. The maximum absolute atomic E-state index is 12.1. The Labute approximate surface area is 116 Å². The van der Waals surface area contributed by atoms with Crippen LogP contribution >= 0.6 is 0 Å². The summed E-state index contributed by atoms with van der Waals surface area (Å²) in [5.74, 6) is 0. The van der Waals surface area contributed by atoms with Crippen LogP contribution in [0.4, 0.5) is 0 Å². The van der Waals surface area contributed by atoms with Gasteiger partial charge in [-0.05, 0) is 19.4 Å². The minimum atomic E-state index is -3.28. The maximum Gasteiger partial charge on any atom is 0.215 e. The fourth-order valence-electron chi connectivity index (χ4n) is 1.66. The molecule has 0 aromatic heterocycles. The highest BCUT2D eigenvalue weighted by atomic mass is 32.2. The minimum Gasteiger partial charge on any atom is -0.313 e. The van der Waals surface area contributed by atoms with Crippen molar-refractivity contribution in [3.63, 3.8) is 0 Å². The van der Waals surface area contributed by atoms with Gasteiger partial charge in [-0.2, -0.15) is 0 Å². The molecule has 0 aliphatic rings. The molecule has 108 valence electrons. The Kier molecular flexibility index (Phi) is 5.97. The third-order valence-electron chi connectivity index (χ3n) is 2.90. The van der Waals surface area contributed by atoms with Crippen LogP contribution in [0.2, 0.25) is 0 Å². The van der Waals surface area contributed by atoms with Gasteiger partial charge in [0, 0.05) is 19.1 Å². The van der Waals surface area contributed by atoms with Crippen molar-refractivity contribution in [3.8, 4) is 0 Å². The Morgan fingerprint density at radius 3 is 2.47 bits per heavy atom. The van der Waals surface area contributed by atoms with Gasteiger partial charge < -0.3 is 5.32 Å². The molecule has 0 aliphatic carbocycles. The van der Waals surface area contributed by atoms with Gasteiger partial charge in [-0.15, -0.1) is 0 Å². The van der Waals surface area contributed by atoms with Gasteiger partial charge >= 0.3 is 0 Å². The zero-order valence-corrected chi connectivity index (χ0v) is 12.9. The first-order chi connectivity index (χ1) is 8.81. The van der Waals surface area contributed by atoms with Crippen molar-refractivity contribution >= 4 is 10.0 Å². The molecule has 0 amide bonds. The van der Waals surface area contributed by atoms with Crippen LogP contribution in [0, 0.1) is 6.92 Å². The molecule has 0 heterocycles.